The molecule has 4 heteroatoms. The van der Waals surface area contributed by atoms with E-state index in [1.807, 2.05) is 6.07 Å². The maximum Gasteiger partial charge on any atom is 0.165 e. The number of rotatable bonds is 3. The van der Waals surface area contributed by atoms with Gasteiger partial charge >= 0.3 is 0 Å². The van der Waals surface area contributed by atoms with E-state index in [1.165, 1.54) is 0 Å². The van der Waals surface area contributed by atoms with Crippen LogP contribution in [0.4, 0.5) is 8.78 Å². The third-order valence-electron chi connectivity index (χ3n) is 2.52. The van der Waals surface area contributed by atoms with E-state index in [9.17, 15) is 8.78 Å². The van der Waals surface area contributed by atoms with Gasteiger partial charge in [-0.25, -0.2) is 8.78 Å². The van der Waals surface area contributed by atoms with Crippen LogP contribution in [0, 0.1) is 11.6 Å². The normalized spacial score (nSPS) is 12.2. The van der Waals surface area contributed by atoms with E-state index in [0.717, 1.165) is 23.8 Å². The van der Waals surface area contributed by atoms with Crippen LogP contribution < -0.4 is 10.5 Å². The van der Waals surface area contributed by atoms with Crippen LogP contribution in [0.3, 0.4) is 0 Å². The summed E-state index contributed by atoms with van der Waals surface area (Å²) in [5, 5.41) is 0. The third-order valence-corrected chi connectivity index (χ3v) is 2.52. The topological polar surface area (TPSA) is 35.2 Å². The second-order valence-electron chi connectivity index (χ2n) is 4.00. The molecule has 0 heterocycles. The van der Waals surface area contributed by atoms with Crippen molar-refractivity contribution in [3.63, 3.8) is 0 Å². The van der Waals surface area contributed by atoms with Gasteiger partial charge in [-0.05, 0) is 25.1 Å². The highest BCUT2D eigenvalue weighted by molar-refractivity contribution is 5.39. The Balaban J connectivity index is 2.37. The first-order valence-electron chi connectivity index (χ1n) is 5.55. The first-order chi connectivity index (χ1) is 8.58. The molecule has 0 aliphatic rings. The van der Waals surface area contributed by atoms with Gasteiger partial charge in [0.25, 0.3) is 0 Å². The fraction of sp³-hybridized carbons (Fsp3) is 0.143. The van der Waals surface area contributed by atoms with E-state index in [2.05, 4.69) is 0 Å². The second kappa shape index (κ2) is 5.14. The maximum absolute atomic E-state index is 13.5. The van der Waals surface area contributed by atoms with Crippen molar-refractivity contribution in [2.45, 2.75) is 13.0 Å². The minimum Gasteiger partial charge on any atom is -0.454 e. The summed E-state index contributed by atoms with van der Waals surface area (Å²) < 4.78 is 31.9. The van der Waals surface area contributed by atoms with E-state index in [0.29, 0.717) is 5.75 Å². The molecule has 18 heavy (non-hydrogen) atoms. The molecule has 0 radical (unpaired) electrons. The Bertz CT molecular complexity index is 555. The molecule has 2 nitrogen and oxygen atoms in total. The van der Waals surface area contributed by atoms with Crippen molar-refractivity contribution < 1.29 is 13.5 Å². The van der Waals surface area contributed by atoms with Crippen molar-refractivity contribution in [1.82, 2.24) is 0 Å². The van der Waals surface area contributed by atoms with Gasteiger partial charge < -0.3 is 10.5 Å². The first kappa shape index (κ1) is 12.5. The molecule has 0 spiro atoms. The Morgan fingerprint density at radius 1 is 1.06 bits per heavy atom. The summed E-state index contributed by atoms with van der Waals surface area (Å²) in [5.74, 6) is -0.888. The average Bonchev–Trinajstić information content (AvgIpc) is 2.34. The van der Waals surface area contributed by atoms with Gasteiger partial charge in [0.2, 0.25) is 0 Å². The number of hydrogen-bond acceptors (Lipinski definition) is 2. The van der Waals surface area contributed by atoms with Crippen LogP contribution in [0.1, 0.15) is 18.5 Å². The van der Waals surface area contributed by atoms with Crippen LogP contribution in [-0.4, -0.2) is 0 Å². The van der Waals surface area contributed by atoms with Crippen molar-refractivity contribution in [1.29, 1.82) is 0 Å². The predicted molar refractivity (Wildman–Crippen MR) is 65.5 cm³/mol. The summed E-state index contributed by atoms with van der Waals surface area (Å²) in [5.41, 5.74) is 6.53. The van der Waals surface area contributed by atoms with Crippen LogP contribution in [0.5, 0.6) is 11.5 Å². The molecule has 0 saturated carbocycles. The molecule has 2 aromatic carbocycles. The molecule has 2 N–H and O–H groups in total. The van der Waals surface area contributed by atoms with Gasteiger partial charge in [-0.1, -0.05) is 18.2 Å². The van der Waals surface area contributed by atoms with Gasteiger partial charge in [0.1, 0.15) is 11.6 Å². The van der Waals surface area contributed by atoms with Crippen molar-refractivity contribution in [3.05, 3.63) is 59.7 Å². The molecule has 0 amide bonds. The minimum absolute atomic E-state index is 0.150. The number of halogens is 2. The van der Waals surface area contributed by atoms with Crippen LogP contribution in [0.2, 0.25) is 0 Å². The fourth-order valence-corrected chi connectivity index (χ4v) is 1.62. The molecule has 0 aliphatic heterocycles. The third kappa shape index (κ3) is 2.65. The number of benzene rings is 2. The van der Waals surface area contributed by atoms with E-state index in [1.54, 1.807) is 25.1 Å². The highest BCUT2D eigenvalue weighted by Gasteiger charge is 2.11. The lowest BCUT2D eigenvalue weighted by molar-refractivity contribution is 0.430. The average molecular weight is 249 g/mol. The van der Waals surface area contributed by atoms with Crippen LogP contribution in [0.25, 0.3) is 0 Å². The van der Waals surface area contributed by atoms with Gasteiger partial charge in [0.05, 0.1) is 0 Å². The Labute approximate surface area is 104 Å². The Morgan fingerprint density at radius 3 is 2.50 bits per heavy atom. The van der Waals surface area contributed by atoms with E-state index < -0.39 is 11.6 Å². The predicted octanol–water partition coefficient (Wildman–Crippen LogP) is 3.78. The molecule has 0 saturated heterocycles. The van der Waals surface area contributed by atoms with Crippen LogP contribution >= 0.6 is 0 Å². The van der Waals surface area contributed by atoms with Crippen molar-refractivity contribution in [2.24, 2.45) is 5.73 Å². The lowest BCUT2D eigenvalue weighted by atomic mass is 10.1. The van der Waals surface area contributed by atoms with Crippen molar-refractivity contribution in [2.75, 3.05) is 0 Å². The van der Waals surface area contributed by atoms with Crippen LogP contribution in [0.15, 0.2) is 42.5 Å². The summed E-state index contributed by atoms with van der Waals surface area (Å²) in [4.78, 5) is 0. The van der Waals surface area contributed by atoms with Gasteiger partial charge in [-0.15, -0.1) is 0 Å². The molecule has 1 atom stereocenters. The summed E-state index contributed by atoms with van der Waals surface area (Å²) in [6.45, 7) is 1.80. The molecule has 94 valence electrons. The molecule has 0 aromatic heterocycles. The largest absolute Gasteiger partial charge is 0.454 e. The Morgan fingerprint density at radius 2 is 1.78 bits per heavy atom. The molecular weight excluding hydrogens is 236 g/mol. The van der Waals surface area contributed by atoms with Gasteiger partial charge in [-0.2, -0.15) is 0 Å². The van der Waals surface area contributed by atoms with Crippen molar-refractivity contribution >= 4 is 0 Å². The lowest BCUT2D eigenvalue weighted by Gasteiger charge is -2.13. The standard InChI is InChI=1S/C14H13F2NO/c1-9(17)11-4-2-3-5-13(11)18-14-8-10(15)6-7-12(14)16/h2-9H,17H2,1H3. The Hall–Kier alpha value is -1.94. The van der Waals surface area contributed by atoms with Gasteiger partial charge in [0.15, 0.2) is 11.6 Å². The zero-order chi connectivity index (χ0) is 13.1. The number of ether oxygens (including phenoxy) is 1. The van der Waals surface area contributed by atoms with E-state index in [-0.39, 0.29) is 11.8 Å². The second-order valence-corrected chi connectivity index (χ2v) is 4.00. The number of nitrogens with two attached hydrogens (primary N) is 1. The Kier molecular flexibility index (Phi) is 3.58. The van der Waals surface area contributed by atoms with Gasteiger partial charge in [-0.3, -0.25) is 0 Å². The molecule has 2 rings (SSSR count). The molecule has 2 aromatic rings. The molecule has 0 bridgehead atoms. The van der Waals surface area contributed by atoms with E-state index >= 15 is 0 Å². The highest BCUT2D eigenvalue weighted by Crippen LogP contribution is 2.30. The smallest absolute Gasteiger partial charge is 0.165 e. The summed E-state index contributed by atoms with van der Waals surface area (Å²) in [6, 6.07) is 9.84. The summed E-state index contributed by atoms with van der Waals surface area (Å²) in [6.07, 6.45) is 0. The SMILES string of the molecule is CC(N)c1ccccc1Oc1cc(F)ccc1F. The summed E-state index contributed by atoms with van der Waals surface area (Å²) in [7, 11) is 0. The van der Waals surface area contributed by atoms with E-state index in [4.69, 9.17) is 10.5 Å². The highest BCUT2D eigenvalue weighted by atomic mass is 19.1. The maximum atomic E-state index is 13.5. The number of para-hydroxylation sites is 1. The lowest BCUT2D eigenvalue weighted by Crippen LogP contribution is -2.06. The molecule has 0 fully saturated rings. The minimum atomic E-state index is -0.615. The first-order valence-corrected chi connectivity index (χ1v) is 5.55. The van der Waals surface area contributed by atoms with Crippen molar-refractivity contribution in [3.8, 4) is 11.5 Å². The zero-order valence-electron chi connectivity index (χ0n) is 9.86. The fourth-order valence-electron chi connectivity index (χ4n) is 1.62. The number of hydrogen-bond donors (Lipinski definition) is 1. The molecule has 1 unspecified atom stereocenters. The summed E-state index contributed by atoms with van der Waals surface area (Å²) >= 11 is 0. The monoisotopic (exact) mass is 249 g/mol. The quantitative estimate of drug-likeness (QED) is 0.898. The van der Waals surface area contributed by atoms with Gasteiger partial charge in [0, 0.05) is 17.7 Å². The van der Waals surface area contributed by atoms with Crippen LogP contribution in [-0.2, 0) is 0 Å². The molecule has 0 aliphatic carbocycles. The zero-order valence-corrected chi connectivity index (χ0v) is 9.86. The molecular formula is C14H13F2NO.